The van der Waals surface area contributed by atoms with E-state index in [2.05, 4.69) is 94.4 Å². The van der Waals surface area contributed by atoms with Crippen molar-refractivity contribution in [3.8, 4) is 0 Å². The minimum atomic E-state index is 1.04. The van der Waals surface area contributed by atoms with Gasteiger partial charge in [0.05, 0.1) is 5.69 Å². The van der Waals surface area contributed by atoms with E-state index >= 15 is 0 Å². The van der Waals surface area contributed by atoms with Crippen molar-refractivity contribution in [2.45, 2.75) is 27.7 Å². The van der Waals surface area contributed by atoms with Crippen LogP contribution >= 0.6 is 0 Å². The van der Waals surface area contributed by atoms with E-state index in [0.717, 1.165) is 11.3 Å². The SMILES string of the molecule is Cc1ccc2c3ccc(C)c4c(C)cc(N=Cc5ccccc5)c(c5ccc(C)c1c25)c43. The molecule has 6 aromatic carbocycles. The highest BCUT2D eigenvalue weighted by Crippen LogP contribution is 2.46. The van der Waals surface area contributed by atoms with Crippen LogP contribution in [-0.2, 0) is 0 Å². The number of benzene rings is 6. The summed E-state index contributed by atoms with van der Waals surface area (Å²) in [6.45, 7) is 8.88. The first kappa shape index (κ1) is 19.0. The fraction of sp³-hybridized carbons (Fsp3) is 0.129. The molecule has 0 fully saturated rings. The van der Waals surface area contributed by atoms with Crippen molar-refractivity contribution in [1.29, 1.82) is 0 Å². The van der Waals surface area contributed by atoms with E-state index in [-0.39, 0.29) is 0 Å². The summed E-state index contributed by atoms with van der Waals surface area (Å²) in [6, 6.07) is 26.3. The van der Waals surface area contributed by atoms with E-state index < -0.39 is 0 Å². The molecule has 6 aromatic rings. The van der Waals surface area contributed by atoms with E-state index in [4.69, 9.17) is 4.99 Å². The van der Waals surface area contributed by atoms with Gasteiger partial charge in [-0.05, 0) is 93.9 Å². The van der Waals surface area contributed by atoms with E-state index in [1.54, 1.807) is 0 Å². The molecule has 0 saturated carbocycles. The van der Waals surface area contributed by atoms with Gasteiger partial charge in [0, 0.05) is 17.0 Å². The molecule has 0 atom stereocenters. The molecule has 32 heavy (non-hydrogen) atoms. The number of fused-ring (bicyclic) bond motifs is 2. The van der Waals surface area contributed by atoms with Crippen LogP contribution in [-0.4, -0.2) is 6.21 Å². The zero-order chi connectivity index (χ0) is 22.0. The molecule has 0 unspecified atom stereocenters. The Balaban J connectivity index is 1.86. The number of hydrogen-bond donors (Lipinski definition) is 0. The molecule has 1 nitrogen and oxygen atoms in total. The maximum atomic E-state index is 5.04. The molecule has 0 bridgehead atoms. The lowest BCUT2D eigenvalue weighted by Gasteiger charge is -2.20. The fourth-order valence-electron chi connectivity index (χ4n) is 5.54. The highest BCUT2D eigenvalue weighted by molar-refractivity contribution is 6.36. The van der Waals surface area contributed by atoms with E-state index in [1.165, 1.54) is 65.3 Å². The van der Waals surface area contributed by atoms with Gasteiger partial charge in [-0.15, -0.1) is 0 Å². The van der Waals surface area contributed by atoms with Gasteiger partial charge < -0.3 is 0 Å². The molecule has 0 aliphatic heterocycles. The Morgan fingerprint density at radius 2 is 1.06 bits per heavy atom. The smallest absolute Gasteiger partial charge is 0.0717 e. The minimum Gasteiger partial charge on any atom is -0.256 e. The molecule has 0 aliphatic carbocycles. The highest BCUT2D eigenvalue weighted by Gasteiger charge is 2.19. The minimum absolute atomic E-state index is 1.04. The predicted molar refractivity (Wildman–Crippen MR) is 140 cm³/mol. The third-order valence-corrected chi connectivity index (χ3v) is 6.96. The molecule has 0 N–H and O–H groups in total. The fourth-order valence-corrected chi connectivity index (χ4v) is 5.54. The van der Waals surface area contributed by atoms with Gasteiger partial charge in [0.2, 0.25) is 0 Å². The summed E-state index contributed by atoms with van der Waals surface area (Å²) in [7, 11) is 0. The monoisotopic (exact) mass is 411 g/mol. The van der Waals surface area contributed by atoms with Crippen molar-refractivity contribution in [3.63, 3.8) is 0 Å². The van der Waals surface area contributed by atoms with Crippen LogP contribution in [0.5, 0.6) is 0 Å². The van der Waals surface area contributed by atoms with Crippen molar-refractivity contribution < 1.29 is 0 Å². The van der Waals surface area contributed by atoms with Crippen molar-refractivity contribution in [3.05, 3.63) is 101 Å². The molecule has 0 saturated heterocycles. The predicted octanol–water partition coefficient (Wildman–Crippen LogP) is 8.72. The van der Waals surface area contributed by atoms with Gasteiger partial charge in [0.1, 0.15) is 0 Å². The summed E-state index contributed by atoms with van der Waals surface area (Å²) < 4.78 is 0. The number of aliphatic imine (C=N–C) groups is 1. The summed E-state index contributed by atoms with van der Waals surface area (Å²) in [5.41, 5.74) is 7.42. The second kappa shape index (κ2) is 6.90. The van der Waals surface area contributed by atoms with Gasteiger partial charge in [-0.25, -0.2) is 0 Å². The second-order valence-corrected chi connectivity index (χ2v) is 9.05. The maximum Gasteiger partial charge on any atom is 0.0717 e. The lowest BCUT2D eigenvalue weighted by Crippen LogP contribution is -1.94. The number of rotatable bonds is 2. The summed E-state index contributed by atoms with van der Waals surface area (Å²) >= 11 is 0. The molecule has 0 amide bonds. The topological polar surface area (TPSA) is 12.4 Å². The van der Waals surface area contributed by atoms with E-state index in [0.29, 0.717) is 0 Å². The van der Waals surface area contributed by atoms with Crippen molar-refractivity contribution in [1.82, 2.24) is 0 Å². The van der Waals surface area contributed by atoms with Gasteiger partial charge in [0.15, 0.2) is 0 Å². The standard InChI is InChI=1S/C31H25N/c1-18-10-13-23-24-14-11-20(3)28-21(4)16-26(32-17-22-8-6-5-7-9-22)30(31(24)28)25-15-12-19(2)27(18)29(23)25/h5-17H,1-4H3. The van der Waals surface area contributed by atoms with Crippen LogP contribution < -0.4 is 0 Å². The van der Waals surface area contributed by atoms with E-state index in [9.17, 15) is 0 Å². The molecule has 0 spiro atoms. The first-order valence-corrected chi connectivity index (χ1v) is 11.2. The molecule has 0 aromatic heterocycles. The Morgan fingerprint density at radius 3 is 1.72 bits per heavy atom. The second-order valence-electron chi connectivity index (χ2n) is 9.05. The first-order chi connectivity index (χ1) is 15.5. The third-order valence-electron chi connectivity index (χ3n) is 6.96. The van der Waals surface area contributed by atoms with Crippen LogP contribution in [0, 0.1) is 27.7 Å². The molecule has 1 heteroatoms. The Hall–Kier alpha value is -3.71. The van der Waals surface area contributed by atoms with E-state index in [1.807, 2.05) is 12.3 Å². The van der Waals surface area contributed by atoms with Gasteiger partial charge in [-0.1, -0.05) is 66.7 Å². The van der Waals surface area contributed by atoms with Crippen LogP contribution in [0.4, 0.5) is 5.69 Å². The molecule has 0 aliphatic rings. The average Bonchev–Trinajstić information content (AvgIpc) is 2.80. The number of hydrogen-bond acceptors (Lipinski definition) is 1. The molecule has 0 heterocycles. The maximum absolute atomic E-state index is 5.04. The quantitative estimate of drug-likeness (QED) is 0.153. The Labute approximate surface area is 188 Å². The van der Waals surface area contributed by atoms with Crippen LogP contribution in [0.25, 0.3) is 43.1 Å². The molecule has 154 valence electrons. The lowest BCUT2D eigenvalue weighted by atomic mass is 9.84. The Kier molecular flexibility index (Phi) is 4.10. The average molecular weight is 412 g/mol. The molecule has 0 radical (unpaired) electrons. The molecule has 6 rings (SSSR count). The number of aryl methyl sites for hydroxylation is 4. The van der Waals surface area contributed by atoms with Gasteiger partial charge in [-0.2, -0.15) is 0 Å². The number of nitrogens with zero attached hydrogens (tertiary/aromatic N) is 1. The van der Waals surface area contributed by atoms with Crippen molar-refractivity contribution in [2.24, 2.45) is 4.99 Å². The van der Waals surface area contributed by atoms with Crippen LogP contribution in [0.3, 0.4) is 0 Å². The van der Waals surface area contributed by atoms with Gasteiger partial charge in [-0.3, -0.25) is 4.99 Å². The van der Waals surface area contributed by atoms with Crippen molar-refractivity contribution in [2.75, 3.05) is 0 Å². The summed E-state index contributed by atoms with van der Waals surface area (Å²) in [5.74, 6) is 0. The van der Waals surface area contributed by atoms with Gasteiger partial charge >= 0.3 is 0 Å². The highest BCUT2D eigenvalue weighted by atomic mass is 14.7. The molecular weight excluding hydrogens is 386 g/mol. The summed E-state index contributed by atoms with van der Waals surface area (Å²) in [6.07, 6.45) is 1.99. The zero-order valence-electron chi connectivity index (χ0n) is 19.0. The normalized spacial score (nSPS) is 12.2. The third kappa shape index (κ3) is 2.61. The van der Waals surface area contributed by atoms with Crippen LogP contribution in [0.15, 0.2) is 77.8 Å². The van der Waals surface area contributed by atoms with Crippen LogP contribution in [0.2, 0.25) is 0 Å². The first-order valence-electron chi connectivity index (χ1n) is 11.2. The Morgan fingerprint density at radius 1 is 0.500 bits per heavy atom. The molecular formula is C31H25N. The van der Waals surface area contributed by atoms with Gasteiger partial charge in [0.25, 0.3) is 0 Å². The lowest BCUT2D eigenvalue weighted by molar-refractivity contribution is 1.45. The Bertz CT molecular complexity index is 1680. The summed E-state index contributed by atoms with van der Waals surface area (Å²) in [4.78, 5) is 5.04. The zero-order valence-corrected chi connectivity index (χ0v) is 19.0. The largest absolute Gasteiger partial charge is 0.256 e. The summed E-state index contributed by atoms with van der Waals surface area (Å²) in [5, 5.41) is 10.7. The van der Waals surface area contributed by atoms with Crippen molar-refractivity contribution >= 4 is 55.0 Å². The van der Waals surface area contributed by atoms with Crippen LogP contribution in [0.1, 0.15) is 27.8 Å².